The van der Waals surface area contributed by atoms with E-state index < -0.39 is 11.9 Å². The van der Waals surface area contributed by atoms with Gasteiger partial charge in [0.1, 0.15) is 0 Å². The molecule has 0 radical (unpaired) electrons. The second kappa shape index (κ2) is 6.74. The quantitative estimate of drug-likeness (QED) is 0.759. The van der Waals surface area contributed by atoms with Crippen molar-refractivity contribution in [2.24, 2.45) is 11.8 Å². The molecule has 1 saturated heterocycles. The minimum atomic E-state index is -0.822. The van der Waals surface area contributed by atoms with Crippen molar-refractivity contribution in [1.82, 2.24) is 10.2 Å². The number of amides is 2. The van der Waals surface area contributed by atoms with E-state index in [0.717, 1.165) is 18.6 Å². The van der Waals surface area contributed by atoms with Crippen LogP contribution in [0.1, 0.15) is 19.8 Å². The molecule has 2 N–H and O–H groups in total. The molecule has 20 heavy (non-hydrogen) atoms. The van der Waals surface area contributed by atoms with Crippen LogP contribution in [0.25, 0.3) is 0 Å². The third-order valence-electron chi connectivity index (χ3n) is 3.75. The number of ether oxygens (including phenoxy) is 1. The zero-order chi connectivity index (χ0) is 14.5. The van der Waals surface area contributed by atoms with Crippen LogP contribution in [0.2, 0.25) is 0 Å². The van der Waals surface area contributed by atoms with Crippen molar-refractivity contribution >= 4 is 12.0 Å². The minimum Gasteiger partial charge on any atom is -0.481 e. The van der Waals surface area contributed by atoms with Crippen LogP contribution in [0.3, 0.4) is 0 Å². The number of rotatable bonds is 3. The lowest BCUT2D eigenvalue weighted by atomic mass is 9.91. The molecule has 2 aliphatic heterocycles. The van der Waals surface area contributed by atoms with E-state index in [9.17, 15) is 9.59 Å². The predicted molar refractivity (Wildman–Crippen MR) is 73.4 cm³/mol. The summed E-state index contributed by atoms with van der Waals surface area (Å²) in [6.45, 7) is 4.66. The van der Waals surface area contributed by atoms with Crippen LogP contribution in [0.5, 0.6) is 0 Å². The number of hydrogen-bond donors (Lipinski definition) is 2. The van der Waals surface area contributed by atoms with E-state index in [-0.39, 0.29) is 11.9 Å². The molecule has 0 saturated carbocycles. The van der Waals surface area contributed by atoms with Crippen LogP contribution in [0.15, 0.2) is 11.6 Å². The van der Waals surface area contributed by atoms with Gasteiger partial charge in [-0.1, -0.05) is 13.0 Å². The van der Waals surface area contributed by atoms with Gasteiger partial charge in [-0.2, -0.15) is 0 Å². The molecule has 0 aromatic carbocycles. The maximum Gasteiger partial charge on any atom is 0.317 e. The summed E-state index contributed by atoms with van der Waals surface area (Å²) >= 11 is 0. The fourth-order valence-electron chi connectivity index (χ4n) is 2.73. The van der Waals surface area contributed by atoms with Crippen molar-refractivity contribution in [1.29, 1.82) is 0 Å². The second-order valence-electron chi connectivity index (χ2n) is 5.64. The van der Waals surface area contributed by atoms with Gasteiger partial charge in [0.2, 0.25) is 0 Å². The Bertz CT molecular complexity index is 408. The maximum absolute atomic E-state index is 12.1. The Kier molecular flexibility index (Phi) is 5.00. The largest absolute Gasteiger partial charge is 0.481 e. The maximum atomic E-state index is 12.1. The first-order valence-electron chi connectivity index (χ1n) is 7.07. The molecule has 0 aromatic heterocycles. The number of aliphatic carboxylic acids is 1. The van der Waals surface area contributed by atoms with Gasteiger partial charge in [0, 0.05) is 19.6 Å². The summed E-state index contributed by atoms with van der Waals surface area (Å²) in [7, 11) is 0. The third-order valence-corrected chi connectivity index (χ3v) is 3.75. The first-order valence-corrected chi connectivity index (χ1v) is 7.07. The summed E-state index contributed by atoms with van der Waals surface area (Å²) in [4.78, 5) is 24.8. The molecule has 0 aromatic rings. The van der Waals surface area contributed by atoms with Gasteiger partial charge in [0.15, 0.2) is 0 Å². The summed E-state index contributed by atoms with van der Waals surface area (Å²) in [5.41, 5.74) is 1.07. The molecular formula is C14H22N2O4. The van der Waals surface area contributed by atoms with E-state index in [1.54, 1.807) is 4.90 Å². The number of carbonyl (C=O) groups excluding carboxylic acids is 1. The number of urea groups is 1. The van der Waals surface area contributed by atoms with E-state index >= 15 is 0 Å². The van der Waals surface area contributed by atoms with E-state index in [1.807, 2.05) is 6.92 Å². The van der Waals surface area contributed by atoms with Crippen molar-refractivity contribution in [3.63, 3.8) is 0 Å². The van der Waals surface area contributed by atoms with Crippen molar-refractivity contribution in [2.45, 2.75) is 19.8 Å². The molecule has 2 heterocycles. The third kappa shape index (κ3) is 3.96. The van der Waals surface area contributed by atoms with Crippen molar-refractivity contribution in [3.8, 4) is 0 Å². The number of hydrogen-bond acceptors (Lipinski definition) is 3. The summed E-state index contributed by atoms with van der Waals surface area (Å²) < 4.78 is 5.31. The van der Waals surface area contributed by atoms with Crippen LogP contribution in [0, 0.1) is 11.8 Å². The van der Waals surface area contributed by atoms with Crippen LogP contribution >= 0.6 is 0 Å². The molecule has 2 rings (SSSR count). The standard InChI is InChI=1S/C14H22N2O4/c1-10-5-12(13(17)18)8-16(7-10)14(19)15-6-11-3-2-4-20-9-11/h3,10,12H,2,4-9H2,1H3,(H,15,19)(H,17,18). The highest BCUT2D eigenvalue weighted by Gasteiger charge is 2.31. The molecular weight excluding hydrogens is 260 g/mol. The lowest BCUT2D eigenvalue weighted by Crippen LogP contribution is -2.49. The summed E-state index contributed by atoms with van der Waals surface area (Å²) in [6.07, 6.45) is 3.60. The van der Waals surface area contributed by atoms with Crippen molar-refractivity contribution in [2.75, 3.05) is 32.8 Å². The molecule has 6 heteroatoms. The minimum absolute atomic E-state index is 0.186. The van der Waals surface area contributed by atoms with E-state index in [4.69, 9.17) is 9.84 Å². The lowest BCUT2D eigenvalue weighted by Gasteiger charge is -2.34. The van der Waals surface area contributed by atoms with Gasteiger partial charge < -0.3 is 20.1 Å². The van der Waals surface area contributed by atoms with E-state index in [0.29, 0.717) is 32.7 Å². The number of nitrogens with zero attached hydrogens (tertiary/aromatic N) is 1. The average molecular weight is 282 g/mol. The second-order valence-corrected chi connectivity index (χ2v) is 5.64. The molecule has 2 atom stereocenters. The van der Waals surface area contributed by atoms with E-state index in [2.05, 4.69) is 11.4 Å². The molecule has 112 valence electrons. The van der Waals surface area contributed by atoms with Gasteiger partial charge in [-0.05, 0) is 24.3 Å². The Morgan fingerprint density at radius 1 is 1.50 bits per heavy atom. The van der Waals surface area contributed by atoms with Gasteiger partial charge in [-0.3, -0.25) is 4.79 Å². The van der Waals surface area contributed by atoms with E-state index in [1.165, 1.54) is 0 Å². The zero-order valence-electron chi connectivity index (χ0n) is 11.8. The Labute approximate surface area is 118 Å². The molecule has 2 unspecified atom stereocenters. The van der Waals surface area contributed by atoms with Gasteiger partial charge >= 0.3 is 12.0 Å². The highest BCUT2D eigenvalue weighted by molar-refractivity contribution is 5.76. The molecule has 6 nitrogen and oxygen atoms in total. The van der Waals surface area contributed by atoms with Gasteiger partial charge in [-0.15, -0.1) is 0 Å². The number of carboxylic acid groups (broad SMARTS) is 1. The Hall–Kier alpha value is -1.56. The first-order chi connectivity index (χ1) is 9.56. The SMILES string of the molecule is CC1CC(C(=O)O)CN(C(=O)NCC2=CCCOC2)C1. The highest BCUT2D eigenvalue weighted by Crippen LogP contribution is 2.21. The number of carboxylic acids is 1. The first kappa shape index (κ1) is 14.8. The van der Waals surface area contributed by atoms with Gasteiger partial charge in [-0.25, -0.2) is 4.79 Å². The Morgan fingerprint density at radius 3 is 2.95 bits per heavy atom. The molecule has 0 aliphatic carbocycles. The normalized spacial score (nSPS) is 26.9. The van der Waals surface area contributed by atoms with Crippen LogP contribution < -0.4 is 5.32 Å². The van der Waals surface area contributed by atoms with Gasteiger partial charge in [0.25, 0.3) is 0 Å². The highest BCUT2D eigenvalue weighted by atomic mass is 16.5. The number of likely N-dealkylation sites (tertiary alicyclic amines) is 1. The number of carbonyl (C=O) groups is 2. The van der Waals surface area contributed by atoms with Crippen LogP contribution in [-0.4, -0.2) is 54.9 Å². The fourth-order valence-corrected chi connectivity index (χ4v) is 2.73. The smallest absolute Gasteiger partial charge is 0.317 e. The summed E-state index contributed by atoms with van der Waals surface area (Å²) in [6, 6.07) is -0.186. The molecule has 2 amide bonds. The molecule has 0 spiro atoms. The lowest BCUT2D eigenvalue weighted by molar-refractivity contribution is -0.143. The number of piperidine rings is 1. The monoisotopic (exact) mass is 282 g/mol. The number of nitrogens with one attached hydrogen (secondary N) is 1. The van der Waals surface area contributed by atoms with Crippen molar-refractivity contribution < 1.29 is 19.4 Å². The topological polar surface area (TPSA) is 78.9 Å². The Balaban J connectivity index is 1.84. The van der Waals surface area contributed by atoms with Crippen LogP contribution in [-0.2, 0) is 9.53 Å². The van der Waals surface area contributed by atoms with Crippen molar-refractivity contribution in [3.05, 3.63) is 11.6 Å². The van der Waals surface area contributed by atoms with Gasteiger partial charge in [0.05, 0.1) is 19.1 Å². The zero-order valence-corrected chi connectivity index (χ0v) is 11.8. The Morgan fingerprint density at radius 2 is 2.30 bits per heavy atom. The predicted octanol–water partition coefficient (Wildman–Crippen LogP) is 1.09. The molecule has 1 fully saturated rings. The molecule has 2 aliphatic rings. The molecule has 0 bridgehead atoms. The van der Waals surface area contributed by atoms with Crippen LogP contribution in [0.4, 0.5) is 4.79 Å². The summed E-state index contributed by atoms with van der Waals surface area (Å²) in [5, 5.41) is 12.0. The average Bonchev–Trinajstić information content (AvgIpc) is 2.45. The summed E-state index contributed by atoms with van der Waals surface area (Å²) in [5.74, 6) is -1.06. The fraction of sp³-hybridized carbons (Fsp3) is 0.714.